The van der Waals surface area contributed by atoms with Gasteiger partial charge < -0.3 is 5.32 Å². The van der Waals surface area contributed by atoms with E-state index in [-0.39, 0.29) is 0 Å². The van der Waals surface area contributed by atoms with Gasteiger partial charge >= 0.3 is 0 Å². The van der Waals surface area contributed by atoms with Gasteiger partial charge in [0.2, 0.25) is 0 Å². The number of benzene rings is 1. The molecule has 1 N–H and O–H groups in total. The highest BCUT2D eigenvalue weighted by Crippen LogP contribution is 2.19. The molecule has 0 aliphatic heterocycles. The zero-order chi connectivity index (χ0) is 12.3. The van der Waals surface area contributed by atoms with E-state index < -0.39 is 12.5 Å². The van der Waals surface area contributed by atoms with E-state index in [1.165, 1.54) is 5.56 Å². The van der Waals surface area contributed by atoms with E-state index in [1.807, 2.05) is 32.9 Å². The molecule has 0 fully saturated rings. The normalized spacial score (nSPS) is 13.2. The van der Waals surface area contributed by atoms with Gasteiger partial charge in [-0.15, -0.1) is 0 Å². The Morgan fingerprint density at radius 2 is 1.62 bits per heavy atom. The third-order valence-corrected chi connectivity index (χ3v) is 2.94. The van der Waals surface area contributed by atoms with Gasteiger partial charge in [-0.2, -0.15) is 0 Å². The van der Waals surface area contributed by atoms with Gasteiger partial charge in [0, 0.05) is 0 Å². The van der Waals surface area contributed by atoms with Crippen molar-refractivity contribution in [1.29, 1.82) is 0 Å². The largest absolute Gasteiger partial charge is 0.312 e. The van der Waals surface area contributed by atoms with Crippen LogP contribution in [0.25, 0.3) is 0 Å². The molecule has 16 heavy (non-hydrogen) atoms. The molecule has 1 atom stereocenters. The van der Waals surface area contributed by atoms with E-state index in [9.17, 15) is 8.78 Å². The molecule has 0 bridgehead atoms. The average Bonchev–Trinajstić information content (AvgIpc) is 2.15. The van der Waals surface area contributed by atoms with Crippen LogP contribution < -0.4 is 5.32 Å². The van der Waals surface area contributed by atoms with Crippen molar-refractivity contribution in [2.24, 2.45) is 0 Å². The van der Waals surface area contributed by atoms with Crippen molar-refractivity contribution in [3.63, 3.8) is 0 Å². The Hall–Kier alpha value is -0.960. The van der Waals surface area contributed by atoms with Crippen molar-refractivity contribution in [3.05, 3.63) is 34.4 Å². The van der Waals surface area contributed by atoms with Gasteiger partial charge in [-0.25, -0.2) is 8.78 Å². The van der Waals surface area contributed by atoms with Crippen LogP contribution in [0.3, 0.4) is 0 Å². The van der Waals surface area contributed by atoms with Gasteiger partial charge in [-0.1, -0.05) is 17.7 Å². The molecular formula is C13H19F2N. The third kappa shape index (κ3) is 3.01. The monoisotopic (exact) mass is 227 g/mol. The summed E-state index contributed by atoms with van der Waals surface area (Å²) in [5, 5.41) is 2.67. The molecule has 0 spiro atoms. The molecule has 1 rings (SSSR count). The minimum Gasteiger partial charge on any atom is -0.312 e. The number of rotatable bonds is 4. The summed E-state index contributed by atoms with van der Waals surface area (Å²) in [5.74, 6) is 0. The quantitative estimate of drug-likeness (QED) is 0.833. The summed E-state index contributed by atoms with van der Waals surface area (Å²) < 4.78 is 25.3. The number of aryl methyl sites for hydroxylation is 3. The van der Waals surface area contributed by atoms with E-state index in [4.69, 9.17) is 0 Å². The number of nitrogens with one attached hydrogen (secondary N) is 1. The predicted molar refractivity (Wildman–Crippen MR) is 63.2 cm³/mol. The first-order chi connectivity index (χ1) is 7.45. The maximum atomic E-state index is 12.7. The van der Waals surface area contributed by atoms with Crippen molar-refractivity contribution in [1.82, 2.24) is 5.32 Å². The lowest BCUT2D eigenvalue weighted by Crippen LogP contribution is -2.35. The molecule has 1 aromatic carbocycles. The van der Waals surface area contributed by atoms with Gasteiger partial charge in [-0.3, -0.25) is 0 Å². The summed E-state index contributed by atoms with van der Waals surface area (Å²) in [6.07, 6.45) is -1.95. The zero-order valence-corrected chi connectivity index (χ0v) is 10.3. The fourth-order valence-corrected chi connectivity index (χ4v) is 2.07. The number of likely N-dealkylation sites (N-methyl/N-ethyl adjacent to an activating group) is 1. The van der Waals surface area contributed by atoms with Crippen LogP contribution >= 0.6 is 0 Å². The molecule has 3 heteroatoms. The van der Waals surface area contributed by atoms with Crippen molar-refractivity contribution in [3.8, 4) is 0 Å². The van der Waals surface area contributed by atoms with Gasteiger partial charge in [0.1, 0.15) is 0 Å². The van der Waals surface area contributed by atoms with Gasteiger partial charge in [0.25, 0.3) is 6.43 Å². The van der Waals surface area contributed by atoms with E-state index in [1.54, 1.807) is 7.05 Å². The molecule has 0 saturated carbocycles. The standard InChI is InChI=1S/C13H19F2N/c1-8-5-9(2)11(10(3)6-8)7-12(16-4)13(14)15/h5-6,12-13,16H,7H2,1-4H3. The molecule has 0 amide bonds. The Bertz CT molecular complexity index is 338. The van der Waals surface area contributed by atoms with Crippen LogP contribution in [-0.4, -0.2) is 19.5 Å². The lowest BCUT2D eigenvalue weighted by Gasteiger charge is -2.18. The van der Waals surface area contributed by atoms with Crippen LogP contribution in [0.2, 0.25) is 0 Å². The molecule has 90 valence electrons. The predicted octanol–water partition coefficient (Wildman–Crippen LogP) is 3.01. The smallest absolute Gasteiger partial charge is 0.254 e. The van der Waals surface area contributed by atoms with Gasteiger partial charge in [0.15, 0.2) is 0 Å². The van der Waals surface area contributed by atoms with Crippen LogP contribution in [0.4, 0.5) is 8.78 Å². The fraction of sp³-hybridized carbons (Fsp3) is 0.538. The molecule has 0 heterocycles. The van der Waals surface area contributed by atoms with Crippen molar-refractivity contribution >= 4 is 0 Å². The van der Waals surface area contributed by atoms with E-state index in [0.717, 1.165) is 16.7 Å². The Labute approximate surface area is 95.9 Å². The molecule has 0 radical (unpaired) electrons. The number of hydrogen-bond acceptors (Lipinski definition) is 1. The minimum absolute atomic E-state index is 0.381. The second-order valence-corrected chi connectivity index (χ2v) is 4.31. The zero-order valence-electron chi connectivity index (χ0n) is 10.3. The summed E-state index contributed by atoms with van der Waals surface area (Å²) in [4.78, 5) is 0. The second-order valence-electron chi connectivity index (χ2n) is 4.31. The number of hydrogen-bond donors (Lipinski definition) is 1. The Morgan fingerprint density at radius 3 is 2.00 bits per heavy atom. The van der Waals surface area contributed by atoms with E-state index in [0.29, 0.717) is 6.42 Å². The molecule has 0 aliphatic carbocycles. The van der Waals surface area contributed by atoms with Crippen molar-refractivity contribution in [2.45, 2.75) is 39.7 Å². The van der Waals surface area contributed by atoms with Crippen molar-refractivity contribution in [2.75, 3.05) is 7.05 Å². The van der Waals surface area contributed by atoms with Gasteiger partial charge in [0.05, 0.1) is 6.04 Å². The summed E-state index contributed by atoms with van der Waals surface area (Å²) >= 11 is 0. The molecule has 1 aromatic rings. The maximum Gasteiger partial charge on any atom is 0.254 e. The summed E-state index contributed by atoms with van der Waals surface area (Å²) in [6, 6.07) is 3.32. The average molecular weight is 227 g/mol. The summed E-state index contributed by atoms with van der Waals surface area (Å²) in [5.41, 5.74) is 4.40. The highest BCUT2D eigenvalue weighted by molar-refractivity contribution is 5.38. The molecule has 0 aromatic heterocycles. The Kier molecular flexibility index (Phi) is 4.42. The molecule has 0 saturated heterocycles. The lowest BCUT2D eigenvalue weighted by atomic mass is 9.94. The first-order valence-corrected chi connectivity index (χ1v) is 5.47. The fourth-order valence-electron chi connectivity index (χ4n) is 2.07. The number of halogens is 2. The molecule has 1 unspecified atom stereocenters. The summed E-state index contributed by atoms with van der Waals surface area (Å²) in [6.45, 7) is 5.98. The third-order valence-electron chi connectivity index (χ3n) is 2.94. The van der Waals surface area contributed by atoms with E-state index >= 15 is 0 Å². The van der Waals surface area contributed by atoms with Crippen LogP contribution in [0.5, 0.6) is 0 Å². The summed E-state index contributed by atoms with van der Waals surface area (Å²) in [7, 11) is 1.58. The Balaban J connectivity index is 2.96. The second kappa shape index (κ2) is 5.39. The molecular weight excluding hydrogens is 208 g/mol. The van der Waals surface area contributed by atoms with Crippen LogP contribution in [0, 0.1) is 20.8 Å². The highest BCUT2D eigenvalue weighted by Gasteiger charge is 2.20. The SMILES string of the molecule is CNC(Cc1c(C)cc(C)cc1C)C(F)F. The van der Waals surface area contributed by atoms with Crippen LogP contribution in [0.1, 0.15) is 22.3 Å². The minimum atomic E-state index is -2.33. The lowest BCUT2D eigenvalue weighted by molar-refractivity contribution is 0.102. The molecule has 1 nitrogen and oxygen atoms in total. The highest BCUT2D eigenvalue weighted by atomic mass is 19.3. The van der Waals surface area contributed by atoms with E-state index in [2.05, 4.69) is 5.32 Å². The topological polar surface area (TPSA) is 12.0 Å². The first kappa shape index (κ1) is 13.1. The Morgan fingerprint density at radius 1 is 1.12 bits per heavy atom. The van der Waals surface area contributed by atoms with Crippen molar-refractivity contribution < 1.29 is 8.78 Å². The van der Waals surface area contributed by atoms with Crippen LogP contribution in [0.15, 0.2) is 12.1 Å². The first-order valence-electron chi connectivity index (χ1n) is 5.47. The maximum absolute atomic E-state index is 12.7. The van der Waals surface area contributed by atoms with Crippen LogP contribution in [-0.2, 0) is 6.42 Å². The van der Waals surface area contributed by atoms with Gasteiger partial charge in [-0.05, 0) is 50.9 Å². The molecule has 0 aliphatic rings. The number of alkyl halides is 2.